The highest BCUT2D eigenvalue weighted by molar-refractivity contribution is 7.99. The lowest BCUT2D eigenvalue weighted by atomic mass is 10.2. The fourth-order valence-electron chi connectivity index (χ4n) is 2.43. The summed E-state index contributed by atoms with van der Waals surface area (Å²) < 4.78 is 41.6. The number of hydrogen-bond acceptors (Lipinski definition) is 5. The van der Waals surface area contributed by atoms with Crippen molar-refractivity contribution < 1.29 is 17.9 Å². The molecule has 0 spiro atoms. The number of nitrogens with zero attached hydrogens (tertiary/aromatic N) is 2. The van der Waals surface area contributed by atoms with Crippen molar-refractivity contribution in [3.05, 3.63) is 54.4 Å². The highest BCUT2D eigenvalue weighted by Crippen LogP contribution is 2.29. The summed E-state index contributed by atoms with van der Waals surface area (Å²) in [4.78, 5) is 13.2. The minimum Gasteiger partial charge on any atom is -0.484 e. The number of benzene rings is 1. The number of aromatic amines is 1. The van der Waals surface area contributed by atoms with Gasteiger partial charge < -0.3 is 9.72 Å². The highest BCUT2D eigenvalue weighted by Gasteiger charge is 2.28. The Morgan fingerprint density at radius 1 is 1.25 bits per heavy atom. The molecule has 0 atom stereocenters. The summed E-state index contributed by atoms with van der Waals surface area (Å²) in [6.07, 6.45) is -0.718. The second-order valence-corrected chi connectivity index (χ2v) is 7.92. The van der Waals surface area contributed by atoms with Crippen LogP contribution >= 0.6 is 23.5 Å². The maximum absolute atomic E-state index is 12.3. The molecule has 0 radical (unpaired) electrons. The number of imidazole rings is 1. The van der Waals surface area contributed by atoms with E-state index in [1.165, 1.54) is 28.8 Å². The number of alkyl halides is 3. The van der Waals surface area contributed by atoms with Crippen LogP contribution in [0.2, 0.25) is 0 Å². The van der Waals surface area contributed by atoms with Crippen molar-refractivity contribution in [2.75, 3.05) is 12.4 Å². The van der Waals surface area contributed by atoms with Crippen molar-refractivity contribution in [1.82, 2.24) is 15.0 Å². The standard InChI is InChI=1S/C19H18F3N3OS2/c1-3-8-27-17-6-7-23-16(12(17)2)10-28-18-24-14-5-4-13(9-15(14)25-18)26-11-19(20,21)22/h3-7,9H,1,8,10-11H2,2H3,(H,24,25). The number of hydrogen-bond donors (Lipinski definition) is 1. The van der Waals surface area contributed by atoms with Gasteiger partial charge in [0.15, 0.2) is 11.8 Å². The van der Waals surface area contributed by atoms with Gasteiger partial charge in [0, 0.05) is 28.7 Å². The van der Waals surface area contributed by atoms with Crippen LogP contribution in [0.5, 0.6) is 5.75 Å². The van der Waals surface area contributed by atoms with Gasteiger partial charge in [-0.15, -0.1) is 18.3 Å². The van der Waals surface area contributed by atoms with Gasteiger partial charge in [0.1, 0.15) is 5.75 Å². The Bertz CT molecular complexity index is 973. The van der Waals surface area contributed by atoms with Gasteiger partial charge in [-0.2, -0.15) is 13.2 Å². The number of aromatic nitrogens is 3. The van der Waals surface area contributed by atoms with Crippen LogP contribution in [0.1, 0.15) is 11.3 Å². The molecule has 3 aromatic rings. The van der Waals surface area contributed by atoms with Crippen LogP contribution in [0.25, 0.3) is 11.0 Å². The Hall–Kier alpha value is -2.13. The van der Waals surface area contributed by atoms with Gasteiger partial charge in [-0.3, -0.25) is 4.98 Å². The van der Waals surface area contributed by atoms with Crippen LogP contribution in [0.15, 0.2) is 53.2 Å². The first-order valence-electron chi connectivity index (χ1n) is 8.36. The molecule has 0 aliphatic rings. The quantitative estimate of drug-likeness (QED) is 0.366. The average Bonchev–Trinajstić information content (AvgIpc) is 3.06. The Morgan fingerprint density at radius 3 is 2.82 bits per heavy atom. The van der Waals surface area contributed by atoms with E-state index in [4.69, 9.17) is 4.74 Å². The third kappa shape index (κ3) is 5.45. The van der Waals surface area contributed by atoms with Crippen molar-refractivity contribution in [2.45, 2.75) is 28.9 Å². The van der Waals surface area contributed by atoms with Gasteiger partial charge in [0.25, 0.3) is 0 Å². The van der Waals surface area contributed by atoms with E-state index in [0.29, 0.717) is 21.9 Å². The van der Waals surface area contributed by atoms with Gasteiger partial charge in [-0.25, -0.2) is 4.98 Å². The second-order valence-electron chi connectivity index (χ2n) is 5.89. The number of thioether (sulfide) groups is 2. The van der Waals surface area contributed by atoms with Crippen LogP contribution < -0.4 is 4.74 Å². The molecule has 28 heavy (non-hydrogen) atoms. The lowest BCUT2D eigenvalue weighted by molar-refractivity contribution is -0.153. The number of rotatable bonds is 8. The van der Waals surface area contributed by atoms with Crippen molar-refractivity contribution in [3.8, 4) is 5.75 Å². The minimum absolute atomic E-state index is 0.148. The van der Waals surface area contributed by atoms with E-state index in [2.05, 4.69) is 21.5 Å². The van der Waals surface area contributed by atoms with Gasteiger partial charge in [0.2, 0.25) is 0 Å². The van der Waals surface area contributed by atoms with E-state index in [9.17, 15) is 13.2 Å². The van der Waals surface area contributed by atoms with E-state index in [-0.39, 0.29) is 5.75 Å². The van der Waals surface area contributed by atoms with Gasteiger partial charge >= 0.3 is 6.18 Å². The lowest BCUT2D eigenvalue weighted by Gasteiger charge is -2.08. The molecule has 4 nitrogen and oxygen atoms in total. The molecule has 9 heteroatoms. The molecule has 3 rings (SSSR count). The summed E-state index contributed by atoms with van der Waals surface area (Å²) in [5.74, 6) is 1.61. The molecule has 0 bridgehead atoms. The molecule has 0 aliphatic heterocycles. The zero-order valence-electron chi connectivity index (χ0n) is 15.0. The summed E-state index contributed by atoms with van der Waals surface area (Å²) in [5, 5.41) is 0.674. The topological polar surface area (TPSA) is 50.8 Å². The lowest BCUT2D eigenvalue weighted by Crippen LogP contribution is -2.19. The zero-order chi connectivity index (χ0) is 20.1. The Balaban J connectivity index is 1.69. The summed E-state index contributed by atoms with van der Waals surface area (Å²) in [6, 6.07) is 6.63. The predicted molar refractivity (Wildman–Crippen MR) is 107 cm³/mol. The smallest absolute Gasteiger partial charge is 0.422 e. The van der Waals surface area contributed by atoms with E-state index < -0.39 is 12.8 Å². The first kappa shape index (κ1) is 20.6. The highest BCUT2D eigenvalue weighted by atomic mass is 32.2. The number of nitrogens with one attached hydrogen (secondary N) is 1. The first-order chi connectivity index (χ1) is 13.4. The number of H-pyrrole nitrogens is 1. The first-order valence-corrected chi connectivity index (χ1v) is 10.3. The Morgan fingerprint density at radius 2 is 2.07 bits per heavy atom. The van der Waals surface area contributed by atoms with Crippen LogP contribution in [0.3, 0.4) is 0 Å². The molecule has 2 heterocycles. The van der Waals surface area contributed by atoms with Crippen molar-refractivity contribution in [1.29, 1.82) is 0 Å². The largest absolute Gasteiger partial charge is 0.484 e. The molecule has 1 aromatic carbocycles. The number of fused-ring (bicyclic) bond motifs is 1. The maximum atomic E-state index is 12.3. The molecule has 0 aliphatic carbocycles. The van der Waals surface area contributed by atoms with E-state index in [0.717, 1.165) is 17.0 Å². The third-order valence-corrected chi connectivity index (χ3v) is 5.84. The summed E-state index contributed by atoms with van der Waals surface area (Å²) in [7, 11) is 0. The number of ether oxygens (including phenoxy) is 1. The zero-order valence-corrected chi connectivity index (χ0v) is 16.7. The summed E-state index contributed by atoms with van der Waals surface area (Å²) in [6.45, 7) is 4.46. The van der Waals surface area contributed by atoms with Gasteiger partial charge in [-0.1, -0.05) is 17.8 Å². The van der Waals surface area contributed by atoms with E-state index in [1.54, 1.807) is 24.0 Å². The predicted octanol–water partition coefficient (Wildman–Crippen LogP) is 5.78. The van der Waals surface area contributed by atoms with E-state index >= 15 is 0 Å². The van der Waals surface area contributed by atoms with Crippen LogP contribution in [-0.2, 0) is 5.75 Å². The summed E-state index contributed by atoms with van der Waals surface area (Å²) in [5.41, 5.74) is 3.39. The third-order valence-electron chi connectivity index (χ3n) is 3.80. The summed E-state index contributed by atoms with van der Waals surface area (Å²) >= 11 is 3.20. The molecular formula is C19H18F3N3OS2. The van der Waals surface area contributed by atoms with Crippen molar-refractivity contribution in [3.63, 3.8) is 0 Å². The Labute approximate surface area is 169 Å². The fraction of sp³-hybridized carbons (Fsp3) is 0.263. The number of halogens is 3. The minimum atomic E-state index is -4.37. The van der Waals surface area contributed by atoms with Gasteiger partial charge in [0.05, 0.1) is 16.7 Å². The fourth-order valence-corrected chi connectivity index (χ4v) is 4.13. The van der Waals surface area contributed by atoms with Crippen LogP contribution in [0, 0.1) is 6.92 Å². The average molecular weight is 426 g/mol. The molecule has 0 amide bonds. The molecule has 0 saturated carbocycles. The molecule has 1 N–H and O–H groups in total. The Kier molecular flexibility index (Phi) is 6.56. The molecular weight excluding hydrogens is 407 g/mol. The second kappa shape index (κ2) is 8.91. The van der Waals surface area contributed by atoms with Crippen molar-refractivity contribution >= 4 is 34.6 Å². The molecule has 0 saturated heterocycles. The molecule has 0 unspecified atom stereocenters. The maximum Gasteiger partial charge on any atom is 0.422 e. The SMILES string of the molecule is C=CCSc1ccnc(CSc2nc3ccc(OCC(F)(F)F)cc3[nH]2)c1C. The van der Waals surface area contributed by atoms with Crippen molar-refractivity contribution in [2.24, 2.45) is 0 Å². The normalized spacial score (nSPS) is 11.7. The molecule has 148 valence electrons. The molecule has 2 aromatic heterocycles. The van der Waals surface area contributed by atoms with Crippen LogP contribution in [-0.4, -0.2) is 33.5 Å². The van der Waals surface area contributed by atoms with Crippen LogP contribution in [0.4, 0.5) is 13.2 Å². The molecule has 0 fully saturated rings. The van der Waals surface area contributed by atoms with Gasteiger partial charge in [-0.05, 0) is 30.7 Å². The van der Waals surface area contributed by atoms with E-state index in [1.807, 2.05) is 19.1 Å². The number of pyridine rings is 1. The monoisotopic (exact) mass is 425 g/mol.